The van der Waals surface area contributed by atoms with Crippen LogP contribution in [0.25, 0.3) is 11.3 Å². The Morgan fingerprint density at radius 3 is 2.32 bits per heavy atom. The molecule has 1 aliphatic rings. The largest absolute Gasteiger partial charge is 0.351 e. The highest BCUT2D eigenvalue weighted by Crippen LogP contribution is 2.23. The number of hydrogen-bond acceptors (Lipinski definition) is 7. The molecule has 0 unspecified atom stereocenters. The zero-order valence-corrected chi connectivity index (χ0v) is 14.1. The molecule has 1 aliphatic heterocycles. The van der Waals surface area contributed by atoms with Crippen molar-refractivity contribution in [1.82, 2.24) is 25.1 Å². The van der Waals surface area contributed by atoms with E-state index in [2.05, 4.69) is 47.9 Å². The van der Waals surface area contributed by atoms with E-state index in [9.17, 15) is 0 Å². The maximum absolute atomic E-state index is 4.47. The van der Waals surface area contributed by atoms with Crippen molar-refractivity contribution < 1.29 is 0 Å². The second-order valence-electron chi connectivity index (χ2n) is 6.00. The van der Waals surface area contributed by atoms with Crippen LogP contribution in [0.3, 0.4) is 0 Å². The summed E-state index contributed by atoms with van der Waals surface area (Å²) >= 11 is 0. The molecule has 0 radical (unpaired) electrons. The third-order valence-electron chi connectivity index (χ3n) is 4.33. The Bertz CT molecular complexity index is 831. The van der Waals surface area contributed by atoms with Gasteiger partial charge in [-0.25, -0.2) is 9.97 Å². The number of anilines is 2. The molecule has 3 aromatic rings. The molecule has 0 N–H and O–H groups in total. The van der Waals surface area contributed by atoms with E-state index in [1.807, 2.05) is 24.4 Å². The van der Waals surface area contributed by atoms with Gasteiger partial charge in [-0.1, -0.05) is 0 Å². The van der Waals surface area contributed by atoms with E-state index in [0.29, 0.717) is 0 Å². The van der Waals surface area contributed by atoms with Crippen LogP contribution in [0.15, 0.2) is 49.1 Å². The molecule has 25 heavy (non-hydrogen) atoms. The molecule has 4 rings (SSSR count). The normalized spacial score (nSPS) is 14.6. The highest BCUT2D eigenvalue weighted by atomic mass is 15.3. The van der Waals surface area contributed by atoms with Gasteiger partial charge in [-0.2, -0.15) is 0 Å². The number of piperazine rings is 1. The van der Waals surface area contributed by atoms with Gasteiger partial charge in [-0.05, 0) is 36.8 Å². The SMILES string of the molecule is Cc1cc(-c2cccnc2)nnc1N1CCN(c2ncccn2)CC1. The fourth-order valence-electron chi connectivity index (χ4n) is 3.02. The molecule has 7 heteroatoms. The molecule has 0 bridgehead atoms. The van der Waals surface area contributed by atoms with E-state index >= 15 is 0 Å². The van der Waals surface area contributed by atoms with Crippen molar-refractivity contribution >= 4 is 11.8 Å². The standard InChI is InChI=1S/C18H19N7/c1-14-12-16(15-4-2-5-19-13-15)22-23-17(14)24-8-10-25(11-9-24)18-20-6-3-7-21-18/h2-7,12-13H,8-11H2,1H3. The summed E-state index contributed by atoms with van der Waals surface area (Å²) < 4.78 is 0. The van der Waals surface area contributed by atoms with Crippen molar-refractivity contribution in [3.05, 3.63) is 54.6 Å². The average Bonchev–Trinajstić information content (AvgIpc) is 2.69. The van der Waals surface area contributed by atoms with Crippen LogP contribution < -0.4 is 9.80 Å². The van der Waals surface area contributed by atoms with Gasteiger partial charge in [0.05, 0.1) is 5.69 Å². The Morgan fingerprint density at radius 2 is 1.64 bits per heavy atom. The van der Waals surface area contributed by atoms with Crippen molar-refractivity contribution in [1.29, 1.82) is 0 Å². The van der Waals surface area contributed by atoms with Gasteiger partial charge < -0.3 is 9.80 Å². The smallest absolute Gasteiger partial charge is 0.225 e. The summed E-state index contributed by atoms with van der Waals surface area (Å²) in [5, 5.41) is 8.87. The Morgan fingerprint density at radius 1 is 0.880 bits per heavy atom. The van der Waals surface area contributed by atoms with Crippen molar-refractivity contribution in [3.63, 3.8) is 0 Å². The first-order chi connectivity index (χ1) is 12.3. The average molecular weight is 333 g/mol. The number of hydrogen-bond donors (Lipinski definition) is 0. The Balaban J connectivity index is 1.48. The number of aromatic nitrogens is 5. The van der Waals surface area contributed by atoms with Gasteiger partial charge in [0.1, 0.15) is 0 Å². The predicted octanol–water partition coefficient (Wildman–Crippen LogP) is 1.96. The summed E-state index contributed by atoms with van der Waals surface area (Å²) in [5.41, 5.74) is 2.96. The van der Waals surface area contributed by atoms with Crippen molar-refractivity contribution in [2.75, 3.05) is 36.0 Å². The minimum absolute atomic E-state index is 0.789. The lowest BCUT2D eigenvalue weighted by Gasteiger charge is -2.35. The van der Waals surface area contributed by atoms with E-state index in [1.165, 1.54) is 0 Å². The van der Waals surface area contributed by atoms with Crippen molar-refractivity contribution in [3.8, 4) is 11.3 Å². The Hall–Kier alpha value is -3.09. The van der Waals surface area contributed by atoms with Gasteiger partial charge >= 0.3 is 0 Å². The molecule has 7 nitrogen and oxygen atoms in total. The lowest BCUT2D eigenvalue weighted by molar-refractivity contribution is 0.630. The maximum Gasteiger partial charge on any atom is 0.225 e. The molecule has 0 aromatic carbocycles. The maximum atomic E-state index is 4.47. The second kappa shape index (κ2) is 6.80. The van der Waals surface area contributed by atoms with Crippen LogP contribution in [0.5, 0.6) is 0 Å². The Kier molecular flexibility index (Phi) is 4.20. The summed E-state index contributed by atoms with van der Waals surface area (Å²) in [6.45, 7) is 5.57. The van der Waals surface area contributed by atoms with Crippen LogP contribution in [0.2, 0.25) is 0 Å². The summed E-state index contributed by atoms with van der Waals surface area (Å²) in [6.07, 6.45) is 7.12. The van der Waals surface area contributed by atoms with E-state index in [0.717, 1.165) is 54.8 Å². The molecular formula is C18H19N7. The van der Waals surface area contributed by atoms with E-state index in [1.54, 1.807) is 18.6 Å². The van der Waals surface area contributed by atoms with E-state index in [-0.39, 0.29) is 0 Å². The summed E-state index contributed by atoms with van der Waals surface area (Å²) in [6, 6.07) is 7.81. The number of aryl methyl sites for hydroxylation is 1. The molecular weight excluding hydrogens is 314 g/mol. The molecule has 4 heterocycles. The minimum atomic E-state index is 0.789. The first-order valence-electron chi connectivity index (χ1n) is 8.33. The molecule has 0 aliphatic carbocycles. The lowest BCUT2D eigenvalue weighted by atomic mass is 10.1. The van der Waals surface area contributed by atoms with Gasteiger partial charge in [0.25, 0.3) is 0 Å². The van der Waals surface area contributed by atoms with Crippen LogP contribution in [0.1, 0.15) is 5.56 Å². The molecule has 0 saturated carbocycles. The monoisotopic (exact) mass is 333 g/mol. The Labute approximate surface area is 146 Å². The first kappa shape index (κ1) is 15.4. The predicted molar refractivity (Wildman–Crippen MR) is 96.5 cm³/mol. The van der Waals surface area contributed by atoms with Gasteiger partial charge in [0, 0.05) is 56.5 Å². The van der Waals surface area contributed by atoms with Crippen molar-refractivity contribution in [2.24, 2.45) is 0 Å². The quantitative estimate of drug-likeness (QED) is 0.725. The lowest BCUT2D eigenvalue weighted by Crippen LogP contribution is -2.47. The number of pyridine rings is 1. The topological polar surface area (TPSA) is 70.9 Å². The summed E-state index contributed by atoms with van der Waals surface area (Å²) in [5.74, 6) is 1.73. The highest BCUT2D eigenvalue weighted by Gasteiger charge is 2.21. The fourth-order valence-corrected chi connectivity index (χ4v) is 3.02. The molecule has 126 valence electrons. The molecule has 0 atom stereocenters. The number of nitrogens with zero attached hydrogens (tertiary/aromatic N) is 7. The van der Waals surface area contributed by atoms with E-state index < -0.39 is 0 Å². The van der Waals surface area contributed by atoms with Gasteiger partial charge in [-0.15, -0.1) is 10.2 Å². The van der Waals surface area contributed by atoms with Gasteiger partial charge in [-0.3, -0.25) is 4.98 Å². The molecule has 1 fully saturated rings. The molecule has 1 saturated heterocycles. The van der Waals surface area contributed by atoms with Gasteiger partial charge in [0.2, 0.25) is 5.95 Å². The summed E-state index contributed by atoms with van der Waals surface area (Å²) in [4.78, 5) is 17.3. The first-order valence-corrected chi connectivity index (χ1v) is 8.33. The van der Waals surface area contributed by atoms with Crippen LogP contribution in [0.4, 0.5) is 11.8 Å². The third kappa shape index (κ3) is 3.26. The molecule has 3 aromatic heterocycles. The summed E-state index contributed by atoms with van der Waals surface area (Å²) in [7, 11) is 0. The van der Waals surface area contributed by atoms with E-state index in [4.69, 9.17) is 0 Å². The zero-order chi connectivity index (χ0) is 17.1. The fraction of sp³-hybridized carbons (Fsp3) is 0.278. The number of rotatable bonds is 3. The van der Waals surface area contributed by atoms with Gasteiger partial charge in [0.15, 0.2) is 5.82 Å². The minimum Gasteiger partial charge on any atom is -0.351 e. The highest BCUT2D eigenvalue weighted by molar-refractivity contribution is 5.61. The zero-order valence-electron chi connectivity index (χ0n) is 14.1. The van der Waals surface area contributed by atoms with Crippen LogP contribution >= 0.6 is 0 Å². The third-order valence-corrected chi connectivity index (χ3v) is 4.33. The van der Waals surface area contributed by atoms with Crippen LogP contribution in [0, 0.1) is 6.92 Å². The van der Waals surface area contributed by atoms with Crippen molar-refractivity contribution in [2.45, 2.75) is 6.92 Å². The van der Waals surface area contributed by atoms with Crippen LogP contribution in [-0.4, -0.2) is 51.3 Å². The molecule has 0 amide bonds. The van der Waals surface area contributed by atoms with Crippen LogP contribution in [-0.2, 0) is 0 Å². The second-order valence-corrected chi connectivity index (χ2v) is 6.00. The molecule has 0 spiro atoms.